The van der Waals surface area contributed by atoms with Crippen LogP contribution in [0.1, 0.15) is 149 Å². The number of allylic oxidation sites excluding steroid dienone is 10. The molecule has 1 aliphatic carbocycles. The molecule has 0 aromatic heterocycles. The van der Waals surface area contributed by atoms with Crippen molar-refractivity contribution in [3.05, 3.63) is 72.9 Å². The monoisotopic (exact) mass is 895 g/mol. The fourth-order valence-corrected chi connectivity index (χ4v) is 7.47. The van der Waals surface area contributed by atoms with Crippen LogP contribution in [-0.4, -0.2) is 93.9 Å². The molecular formula is C48H79O13P. The number of phosphoric ester groups is 1. The molecule has 1 aliphatic rings. The quantitative estimate of drug-likeness (QED) is 0.0170. The van der Waals surface area contributed by atoms with Crippen LogP contribution in [0.25, 0.3) is 0 Å². The van der Waals surface area contributed by atoms with E-state index in [4.69, 9.17) is 19.1 Å². The number of unbranched alkanes of at least 4 members (excludes halogenated alkanes) is 8. The Morgan fingerprint density at radius 1 is 0.742 bits per heavy atom. The van der Waals surface area contributed by atoms with E-state index in [0.29, 0.717) is 38.5 Å². The third kappa shape index (κ3) is 30.9. The number of phosphoric acid groups is 1. The van der Waals surface area contributed by atoms with Crippen molar-refractivity contribution >= 4 is 25.5 Å². The van der Waals surface area contributed by atoms with Crippen molar-refractivity contribution < 1.29 is 62.8 Å². The summed E-state index contributed by atoms with van der Waals surface area (Å²) in [7, 11) is -4.70. The van der Waals surface area contributed by atoms with Crippen LogP contribution in [0.15, 0.2) is 72.9 Å². The number of aliphatic hydroxyl groups is 4. The lowest BCUT2D eigenvalue weighted by Gasteiger charge is -2.20. The number of carbonyl (C=O) groups is 3. The van der Waals surface area contributed by atoms with Crippen LogP contribution in [0.5, 0.6) is 0 Å². The van der Waals surface area contributed by atoms with Crippen LogP contribution in [0.3, 0.4) is 0 Å². The van der Waals surface area contributed by atoms with E-state index in [0.717, 1.165) is 77.0 Å². The van der Waals surface area contributed by atoms with Crippen LogP contribution in [0.4, 0.5) is 0 Å². The van der Waals surface area contributed by atoms with Gasteiger partial charge in [0.1, 0.15) is 18.5 Å². The number of rotatable bonds is 38. The van der Waals surface area contributed by atoms with E-state index >= 15 is 0 Å². The molecule has 14 heteroatoms. The van der Waals surface area contributed by atoms with Gasteiger partial charge in [-0.2, -0.15) is 0 Å². The highest BCUT2D eigenvalue weighted by atomic mass is 31.2. The van der Waals surface area contributed by atoms with Gasteiger partial charge in [-0.15, -0.1) is 0 Å². The van der Waals surface area contributed by atoms with Gasteiger partial charge in [0.15, 0.2) is 6.10 Å². The van der Waals surface area contributed by atoms with Crippen molar-refractivity contribution in [3.63, 3.8) is 0 Å². The molecule has 1 unspecified atom stereocenters. The molecule has 1 saturated carbocycles. The average Bonchev–Trinajstić information content (AvgIpc) is 3.52. The molecule has 354 valence electrons. The summed E-state index contributed by atoms with van der Waals surface area (Å²) in [6, 6.07) is 0. The third-order valence-corrected chi connectivity index (χ3v) is 11.2. The molecule has 7 atom stereocenters. The maximum absolute atomic E-state index is 12.8. The summed E-state index contributed by atoms with van der Waals surface area (Å²) in [5.74, 6) is -1.75. The number of ether oxygens (including phenoxy) is 2. The van der Waals surface area contributed by atoms with Gasteiger partial charge in [0.25, 0.3) is 0 Å². The Kier molecular flexibility index (Phi) is 34.4. The van der Waals surface area contributed by atoms with E-state index in [1.165, 1.54) is 0 Å². The summed E-state index contributed by atoms with van der Waals surface area (Å²) in [6.45, 7) is 1.84. The summed E-state index contributed by atoms with van der Waals surface area (Å²) in [5.41, 5.74) is 0. The fraction of sp³-hybridized carbons (Fsp3) is 0.688. The van der Waals surface area contributed by atoms with Crippen molar-refractivity contribution in [1.82, 2.24) is 0 Å². The van der Waals surface area contributed by atoms with Crippen molar-refractivity contribution in [1.29, 1.82) is 0 Å². The number of hydrogen-bond donors (Lipinski definition) is 5. The molecular weight excluding hydrogens is 815 g/mol. The van der Waals surface area contributed by atoms with Gasteiger partial charge in [0, 0.05) is 31.1 Å². The molecule has 0 bridgehead atoms. The summed E-state index contributed by atoms with van der Waals surface area (Å²) in [5, 5.41) is 39.1. The first-order chi connectivity index (χ1) is 29.9. The Hall–Kier alpha value is -3.00. The minimum Gasteiger partial charge on any atom is -0.462 e. The highest BCUT2D eigenvalue weighted by molar-refractivity contribution is 7.47. The zero-order valence-corrected chi connectivity index (χ0v) is 38.4. The maximum Gasteiger partial charge on any atom is 0.472 e. The molecule has 0 saturated heterocycles. The Morgan fingerprint density at radius 3 is 1.95 bits per heavy atom. The van der Waals surface area contributed by atoms with Gasteiger partial charge in [-0.3, -0.25) is 23.4 Å². The lowest BCUT2D eigenvalue weighted by atomic mass is 9.88. The SMILES string of the molecule is CC/C=C\C/C=C\C/C=C\C/C=C\C/C=C\CCCCCC(=O)OC[C@H](COP(=O)(O)OC[C@@H](O)CO)OC(=O)CCCCCC[C@H]1C(=O)C[C@@H](O)[C@@H]1/C=C/[C@@H](O)CCCCC. The molecule has 62 heavy (non-hydrogen) atoms. The van der Waals surface area contributed by atoms with Gasteiger partial charge in [-0.1, -0.05) is 132 Å². The Bertz CT molecular complexity index is 1420. The number of hydrogen-bond acceptors (Lipinski definition) is 12. The smallest absolute Gasteiger partial charge is 0.462 e. The van der Waals surface area contributed by atoms with Gasteiger partial charge in [0.05, 0.1) is 32.0 Å². The second kappa shape index (κ2) is 37.4. The molecule has 1 rings (SSSR count). The van der Waals surface area contributed by atoms with Gasteiger partial charge in [-0.25, -0.2) is 4.57 Å². The Balaban J connectivity index is 2.45. The zero-order valence-electron chi connectivity index (χ0n) is 37.5. The van der Waals surface area contributed by atoms with Crippen molar-refractivity contribution in [2.45, 2.75) is 173 Å². The number of ketones is 1. The second-order valence-corrected chi connectivity index (χ2v) is 17.3. The average molecular weight is 895 g/mol. The Morgan fingerprint density at radius 2 is 1.32 bits per heavy atom. The molecule has 0 spiro atoms. The van der Waals surface area contributed by atoms with Crippen LogP contribution >= 0.6 is 7.82 Å². The predicted octanol–water partition coefficient (Wildman–Crippen LogP) is 9.03. The second-order valence-electron chi connectivity index (χ2n) is 15.8. The van der Waals surface area contributed by atoms with Crippen LogP contribution < -0.4 is 0 Å². The van der Waals surface area contributed by atoms with Gasteiger partial charge in [0.2, 0.25) is 0 Å². The van der Waals surface area contributed by atoms with E-state index < -0.39 is 70.6 Å². The van der Waals surface area contributed by atoms with Crippen LogP contribution in [-0.2, 0) is 37.5 Å². The summed E-state index contributed by atoms with van der Waals surface area (Å²) < 4.78 is 32.7. The first-order valence-corrected chi connectivity index (χ1v) is 24.5. The van der Waals surface area contributed by atoms with Crippen molar-refractivity contribution in [3.8, 4) is 0 Å². The molecule has 13 nitrogen and oxygen atoms in total. The number of esters is 2. The topological polar surface area (TPSA) is 206 Å². The summed E-state index contributed by atoms with van der Waals surface area (Å²) >= 11 is 0. The van der Waals surface area contributed by atoms with E-state index in [-0.39, 0.29) is 36.9 Å². The zero-order chi connectivity index (χ0) is 45.7. The summed E-state index contributed by atoms with van der Waals surface area (Å²) in [4.78, 5) is 47.9. The first-order valence-electron chi connectivity index (χ1n) is 23.0. The van der Waals surface area contributed by atoms with E-state index in [1.54, 1.807) is 12.2 Å². The number of aliphatic hydroxyl groups excluding tert-OH is 4. The lowest BCUT2D eigenvalue weighted by molar-refractivity contribution is -0.161. The number of Topliss-reactive ketones (excluding diaryl/α,β-unsaturated/α-hetero) is 1. The lowest BCUT2D eigenvalue weighted by Crippen LogP contribution is -2.29. The van der Waals surface area contributed by atoms with Crippen LogP contribution in [0, 0.1) is 11.8 Å². The fourth-order valence-electron chi connectivity index (χ4n) is 6.68. The summed E-state index contributed by atoms with van der Waals surface area (Å²) in [6.07, 6.45) is 36.2. The molecule has 5 N–H and O–H groups in total. The molecule has 0 aromatic carbocycles. The first kappa shape index (κ1) is 57.0. The van der Waals surface area contributed by atoms with Crippen molar-refractivity contribution in [2.75, 3.05) is 26.4 Å². The predicted molar refractivity (Wildman–Crippen MR) is 243 cm³/mol. The van der Waals surface area contributed by atoms with Crippen molar-refractivity contribution in [2.24, 2.45) is 11.8 Å². The largest absolute Gasteiger partial charge is 0.472 e. The molecule has 0 radical (unpaired) electrons. The molecule has 0 amide bonds. The van der Waals surface area contributed by atoms with E-state index in [2.05, 4.69) is 79.1 Å². The molecule has 0 heterocycles. The minimum atomic E-state index is -4.70. The van der Waals surface area contributed by atoms with E-state index in [9.17, 15) is 39.2 Å². The molecule has 0 aliphatic heterocycles. The van der Waals surface area contributed by atoms with E-state index in [1.807, 2.05) is 0 Å². The Labute approximate surface area is 371 Å². The third-order valence-electron chi connectivity index (χ3n) is 10.2. The normalized spacial score (nSPS) is 19.8. The minimum absolute atomic E-state index is 0.0183. The standard InChI is InChI=1S/C48H79O13P/c1-3-5-7-8-9-10-11-12-13-14-15-16-17-18-19-20-21-22-27-31-47(54)58-38-42(39-60-62(56,57)59-37-41(51)36-49)61-48(55)32-28-24-23-26-30-43-44(46(53)35-45(43)52)34-33-40(50)29-25-6-4-2/h5,7,9-10,12-13,15-16,18-19,33-34,40-44,46,49-51,53H,3-4,6,8,11,14,17,20-32,35-39H2,1-2H3,(H,56,57)/b7-5-,10-9-,13-12-,16-15-,19-18-,34-33+/t40-,41-,42+,43+,44+,46+/m0/s1. The number of carbonyl (C=O) groups excluding carboxylic acids is 3. The van der Waals surface area contributed by atoms with Gasteiger partial charge >= 0.3 is 19.8 Å². The highest BCUT2D eigenvalue weighted by Crippen LogP contribution is 2.43. The molecule has 0 aromatic rings. The van der Waals surface area contributed by atoms with Crippen LogP contribution in [0.2, 0.25) is 0 Å². The maximum atomic E-state index is 12.8. The van der Waals surface area contributed by atoms with Gasteiger partial charge < -0.3 is 34.8 Å². The highest BCUT2D eigenvalue weighted by Gasteiger charge is 2.39. The van der Waals surface area contributed by atoms with Gasteiger partial charge in [-0.05, 0) is 70.6 Å². The molecule has 1 fully saturated rings.